The first kappa shape index (κ1) is 21.0. The third-order valence-corrected chi connectivity index (χ3v) is 5.98. The summed E-state index contributed by atoms with van der Waals surface area (Å²) in [6.45, 7) is 5.57. The molecule has 1 amide bonds. The van der Waals surface area contributed by atoms with Crippen LogP contribution in [-0.4, -0.2) is 17.7 Å². The Morgan fingerprint density at radius 2 is 1.83 bits per heavy atom. The van der Waals surface area contributed by atoms with Gasteiger partial charge in [-0.1, -0.05) is 49.4 Å². The molecular weight excluding hydrogens is 380 g/mol. The zero-order chi connectivity index (χ0) is 20.8. The zero-order valence-corrected chi connectivity index (χ0v) is 17.8. The van der Waals surface area contributed by atoms with Crippen molar-refractivity contribution in [3.8, 4) is 0 Å². The zero-order valence-electron chi connectivity index (χ0n) is 17.0. The van der Waals surface area contributed by atoms with Crippen molar-refractivity contribution in [2.75, 3.05) is 5.32 Å². The molecule has 1 heterocycles. The maximum atomic E-state index is 12.8. The van der Waals surface area contributed by atoms with Gasteiger partial charge in [0.05, 0.1) is 4.88 Å². The van der Waals surface area contributed by atoms with E-state index in [1.807, 2.05) is 13.0 Å². The second-order valence-electron chi connectivity index (χ2n) is 7.20. The van der Waals surface area contributed by atoms with Gasteiger partial charge in [-0.05, 0) is 49.4 Å². The Morgan fingerprint density at radius 3 is 2.45 bits per heavy atom. The maximum Gasteiger partial charge on any atom is 0.282 e. The lowest BCUT2D eigenvalue weighted by atomic mass is 10.0. The monoisotopic (exact) mass is 407 g/mol. The van der Waals surface area contributed by atoms with E-state index in [4.69, 9.17) is 0 Å². The molecule has 0 saturated carbocycles. The van der Waals surface area contributed by atoms with Crippen LogP contribution in [0.5, 0.6) is 0 Å². The first-order valence-corrected chi connectivity index (χ1v) is 10.7. The minimum atomic E-state index is -0.297. The van der Waals surface area contributed by atoms with Crippen molar-refractivity contribution in [3.05, 3.63) is 87.6 Å². The fourth-order valence-corrected chi connectivity index (χ4v) is 4.08. The van der Waals surface area contributed by atoms with Gasteiger partial charge < -0.3 is 10.6 Å². The van der Waals surface area contributed by atoms with Crippen LogP contribution in [0.1, 0.15) is 53.2 Å². The highest BCUT2D eigenvalue weighted by Gasteiger charge is 2.25. The molecule has 0 aliphatic heterocycles. The van der Waals surface area contributed by atoms with E-state index in [2.05, 4.69) is 53.3 Å². The standard InChI is InChI=1S/C24H26N2O2S/c1-4-18-10-12-19(13-11-18)23(22-9-6-14-29-22)25-16(2)24(28)26-21-8-5-7-20(15-21)17(3)27/h5-16,23,25H,4H2,1-3H3,(H,26,28)/p+1/t16-,23-/m1/s1. The van der Waals surface area contributed by atoms with Gasteiger partial charge >= 0.3 is 0 Å². The Bertz CT molecular complexity index is 965. The Morgan fingerprint density at radius 1 is 1.07 bits per heavy atom. The highest BCUT2D eigenvalue weighted by Crippen LogP contribution is 2.23. The van der Waals surface area contributed by atoms with Crippen molar-refractivity contribution >= 4 is 28.7 Å². The molecule has 5 heteroatoms. The first-order valence-electron chi connectivity index (χ1n) is 9.87. The van der Waals surface area contributed by atoms with E-state index >= 15 is 0 Å². The van der Waals surface area contributed by atoms with E-state index in [9.17, 15) is 9.59 Å². The molecule has 3 N–H and O–H groups in total. The topological polar surface area (TPSA) is 62.8 Å². The van der Waals surface area contributed by atoms with Crippen LogP contribution >= 0.6 is 11.3 Å². The quantitative estimate of drug-likeness (QED) is 0.550. The Hall–Kier alpha value is -2.76. The molecule has 4 nitrogen and oxygen atoms in total. The number of thiophene rings is 1. The Labute approximate surface area is 176 Å². The molecule has 1 aromatic heterocycles. The lowest BCUT2D eigenvalue weighted by Gasteiger charge is -2.20. The number of carbonyl (C=O) groups excluding carboxylic acids is 2. The summed E-state index contributed by atoms with van der Waals surface area (Å²) in [6.07, 6.45) is 1.01. The van der Waals surface area contributed by atoms with E-state index in [1.165, 1.54) is 22.9 Å². The van der Waals surface area contributed by atoms with Crippen molar-refractivity contribution in [1.82, 2.24) is 0 Å². The average molecular weight is 408 g/mol. The molecule has 0 aliphatic rings. The van der Waals surface area contributed by atoms with Crippen LogP contribution < -0.4 is 10.6 Å². The van der Waals surface area contributed by atoms with Crippen LogP contribution in [0.4, 0.5) is 5.69 Å². The smallest absolute Gasteiger partial charge is 0.282 e. The molecule has 0 radical (unpaired) electrons. The molecule has 150 valence electrons. The van der Waals surface area contributed by atoms with Gasteiger partial charge in [0.15, 0.2) is 11.8 Å². The summed E-state index contributed by atoms with van der Waals surface area (Å²) in [5.41, 5.74) is 3.72. The number of nitrogens with one attached hydrogen (secondary N) is 1. The summed E-state index contributed by atoms with van der Waals surface area (Å²) in [7, 11) is 0. The minimum absolute atomic E-state index is 0.0194. The van der Waals surface area contributed by atoms with Crippen molar-refractivity contribution in [2.45, 2.75) is 39.3 Å². The van der Waals surface area contributed by atoms with E-state index in [0.29, 0.717) is 11.3 Å². The number of ketones is 1. The SMILES string of the molecule is CCc1ccc([C@@H]([NH2+][C@H](C)C(=O)Nc2cccc(C(C)=O)c2)c2cccs2)cc1. The molecule has 0 spiro atoms. The van der Waals surface area contributed by atoms with Gasteiger partial charge in [-0.25, -0.2) is 0 Å². The summed E-state index contributed by atoms with van der Waals surface area (Å²) >= 11 is 1.70. The molecule has 2 aromatic carbocycles. The van der Waals surface area contributed by atoms with E-state index < -0.39 is 0 Å². The summed E-state index contributed by atoms with van der Waals surface area (Å²) in [4.78, 5) is 25.6. The third kappa shape index (κ3) is 5.40. The molecule has 3 rings (SSSR count). The fourth-order valence-electron chi connectivity index (χ4n) is 3.25. The van der Waals surface area contributed by atoms with Gasteiger partial charge in [-0.3, -0.25) is 9.59 Å². The molecule has 29 heavy (non-hydrogen) atoms. The minimum Gasteiger partial charge on any atom is -0.326 e. The van der Waals surface area contributed by atoms with Crippen molar-refractivity contribution in [2.24, 2.45) is 0 Å². The lowest BCUT2D eigenvalue weighted by molar-refractivity contribution is -0.703. The second-order valence-corrected chi connectivity index (χ2v) is 8.17. The van der Waals surface area contributed by atoms with Gasteiger partial charge in [0.2, 0.25) is 0 Å². The maximum absolute atomic E-state index is 12.8. The van der Waals surface area contributed by atoms with E-state index in [1.54, 1.807) is 35.6 Å². The number of Topliss-reactive ketones (excluding diaryl/α,β-unsaturated/α-hetero) is 1. The molecule has 0 bridgehead atoms. The summed E-state index contributed by atoms with van der Waals surface area (Å²) in [5.74, 6) is -0.105. The summed E-state index contributed by atoms with van der Waals surface area (Å²) in [5, 5.41) is 7.10. The number of amides is 1. The molecule has 0 unspecified atom stereocenters. The van der Waals surface area contributed by atoms with Gasteiger partial charge in [-0.2, -0.15) is 0 Å². The molecule has 2 atom stereocenters. The van der Waals surface area contributed by atoms with Crippen LogP contribution in [0.3, 0.4) is 0 Å². The fraction of sp³-hybridized carbons (Fsp3) is 0.250. The van der Waals surface area contributed by atoms with Gasteiger partial charge in [0.1, 0.15) is 6.04 Å². The van der Waals surface area contributed by atoms with Crippen molar-refractivity contribution < 1.29 is 14.9 Å². The summed E-state index contributed by atoms with van der Waals surface area (Å²) in [6, 6.07) is 19.6. The second kappa shape index (κ2) is 9.63. The van der Waals surface area contributed by atoms with Crippen molar-refractivity contribution in [3.63, 3.8) is 0 Å². The molecular formula is C24H27N2O2S+. The van der Waals surface area contributed by atoms with Crippen LogP contribution in [0.2, 0.25) is 0 Å². The number of rotatable bonds is 8. The number of hydrogen-bond donors (Lipinski definition) is 2. The number of anilines is 1. The number of hydrogen-bond acceptors (Lipinski definition) is 3. The predicted octanol–water partition coefficient (Wildman–Crippen LogP) is 4.19. The summed E-state index contributed by atoms with van der Waals surface area (Å²) < 4.78 is 0. The third-order valence-electron chi connectivity index (χ3n) is 5.03. The highest BCUT2D eigenvalue weighted by atomic mass is 32.1. The lowest BCUT2D eigenvalue weighted by Crippen LogP contribution is -2.92. The predicted molar refractivity (Wildman–Crippen MR) is 118 cm³/mol. The Balaban J connectivity index is 1.75. The first-order chi connectivity index (χ1) is 14.0. The molecule has 0 saturated heterocycles. The van der Waals surface area contributed by atoms with Crippen LogP contribution in [0.15, 0.2) is 66.0 Å². The number of nitrogens with two attached hydrogens (primary N) is 1. The van der Waals surface area contributed by atoms with Gasteiger partial charge in [0, 0.05) is 16.8 Å². The number of quaternary nitrogens is 1. The normalized spacial score (nSPS) is 12.9. The van der Waals surface area contributed by atoms with Crippen LogP contribution in [0, 0.1) is 0 Å². The Kier molecular flexibility index (Phi) is 6.96. The van der Waals surface area contributed by atoms with Gasteiger partial charge in [0.25, 0.3) is 5.91 Å². The number of carbonyl (C=O) groups is 2. The van der Waals surface area contributed by atoms with Gasteiger partial charge in [-0.15, -0.1) is 11.3 Å². The number of aryl methyl sites for hydroxylation is 1. The van der Waals surface area contributed by atoms with Crippen LogP contribution in [-0.2, 0) is 11.2 Å². The van der Waals surface area contributed by atoms with E-state index in [0.717, 1.165) is 6.42 Å². The molecule has 0 aliphatic carbocycles. The van der Waals surface area contributed by atoms with Crippen molar-refractivity contribution in [1.29, 1.82) is 0 Å². The highest BCUT2D eigenvalue weighted by molar-refractivity contribution is 7.10. The average Bonchev–Trinajstić information content (AvgIpc) is 3.26. The largest absolute Gasteiger partial charge is 0.326 e. The molecule has 0 fully saturated rings. The molecule has 3 aromatic rings. The van der Waals surface area contributed by atoms with Crippen LogP contribution in [0.25, 0.3) is 0 Å². The van der Waals surface area contributed by atoms with E-state index in [-0.39, 0.29) is 23.8 Å². The number of benzene rings is 2.